The van der Waals surface area contributed by atoms with E-state index in [-0.39, 0.29) is 123 Å². The lowest BCUT2D eigenvalue weighted by atomic mass is 10.1. The number of H-pyrrole nitrogens is 1. The van der Waals surface area contributed by atoms with Gasteiger partial charge in [-0.2, -0.15) is 25.3 Å². The Morgan fingerprint density at radius 1 is 0.476 bits per heavy atom. The standard InChI is InChI=1S/C48H48N10O21S3/c1-26-45(55-53-36-24-38(76-14-10-59)34(22-40(36)78-16-12-61)51-49-32-8-5-29(74-2)20-42(32)80(65,66)67)48(64)58(57-26)28-4-7-31-27(18-28)19-44(82(71,72)73)46(47(31)63)56-54-37-25-39(77-15-11-60)35(23-41(37)79-17-13-62)52-50-33-9-6-30(75-3)21-43(33)81(68,69)70/h4-9,18-25,57,59-63H,10-17H2,1-3H3,(H,65,66,67)(H,68,69,70)(H,71,72,73). The van der Waals surface area contributed by atoms with Gasteiger partial charge in [0.2, 0.25) is 0 Å². The molecule has 0 aliphatic rings. The van der Waals surface area contributed by atoms with Crippen molar-refractivity contribution < 1.29 is 92.9 Å². The van der Waals surface area contributed by atoms with Crippen LogP contribution in [0.15, 0.2) is 145 Å². The van der Waals surface area contributed by atoms with Crippen LogP contribution in [0, 0.1) is 6.92 Å². The van der Waals surface area contributed by atoms with Gasteiger partial charge >= 0.3 is 0 Å². The van der Waals surface area contributed by atoms with Crippen molar-refractivity contribution in [2.45, 2.75) is 21.6 Å². The minimum atomic E-state index is -5.25. The number of hydrogen-bond acceptors (Lipinski definition) is 26. The number of aromatic nitrogens is 2. The zero-order valence-electron chi connectivity index (χ0n) is 42.9. The largest absolute Gasteiger partial charge is 0.505 e. The Kier molecular flexibility index (Phi) is 19.4. The van der Waals surface area contributed by atoms with Gasteiger partial charge in [0, 0.05) is 41.8 Å². The van der Waals surface area contributed by atoms with Crippen molar-refractivity contribution in [1.29, 1.82) is 0 Å². The summed E-state index contributed by atoms with van der Waals surface area (Å²) in [5.41, 5.74) is -2.94. The number of phenols is 1. The number of aliphatic hydroxyl groups excluding tert-OH is 4. The fourth-order valence-corrected chi connectivity index (χ4v) is 9.26. The maximum Gasteiger partial charge on any atom is 0.299 e. The van der Waals surface area contributed by atoms with Crippen molar-refractivity contribution >= 4 is 86.6 Å². The maximum atomic E-state index is 14.0. The molecule has 0 saturated carbocycles. The van der Waals surface area contributed by atoms with E-state index >= 15 is 0 Å². The number of aromatic hydroxyl groups is 1. The quantitative estimate of drug-likeness (QED) is 0.0190. The summed E-state index contributed by atoms with van der Waals surface area (Å²) in [7, 11) is -12.4. The number of nitrogens with zero attached hydrogens (tertiary/aromatic N) is 9. The molecule has 0 spiro atoms. The van der Waals surface area contributed by atoms with Crippen molar-refractivity contribution in [1.82, 2.24) is 9.78 Å². The summed E-state index contributed by atoms with van der Waals surface area (Å²) in [6, 6.07) is 16.8. The summed E-state index contributed by atoms with van der Waals surface area (Å²) in [6.07, 6.45) is 0. The average Bonchev–Trinajstić information content (AvgIpc) is 3.88. The number of fused-ring (bicyclic) bond motifs is 1. The highest BCUT2D eigenvalue weighted by molar-refractivity contribution is 7.86. The van der Waals surface area contributed by atoms with Gasteiger partial charge in [-0.15, -0.1) is 40.9 Å². The van der Waals surface area contributed by atoms with Crippen LogP contribution in [0.4, 0.5) is 45.5 Å². The first-order chi connectivity index (χ1) is 39.0. The molecule has 0 fully saturated rings. The number of ether oxygens (including phenoxy) is 6. The summed E-state index contributed by atoms with van der Waals surface area (Å²) >= 11 is 0. The molecule has 0 aliphatic carbocycles. The van der Waals surface area contributed by atoms with Gasteiger partial charge in [0.05, 0.1) is 52.0 Å². The molecule has 7 aromatic rings. The molecular weight excluding hydrogens is 1150 g/mol. The monoisotopic (exact) mass is 1200 g/mol. The Hall–Kier alpha value is -8.84. The van der Waals surface area contributed by atoms with E-state index in [1.165, 1.54) is 75.7 Å². The van der Waals surface area contributed by atoms with Crippen molar-refractivity contribution in [3.05, 3.63) is 101 Å². The molecule has 7 rings (SSSR count). The van der Waals surface area contributed by atoms with Crippen LogP contribution < -0.4 is 34.0 Å². The van der Waals surface area contributed by atoms with Gasteiger partial charge in [0.25, 0.3) is 35.9 Å². The lowest BCUT2D eigenvalue weighted by molar-refractivity contribution is 0.198. The molecule has 34 heteroatoms. The molecule has 1 heterocycles. The summed E-state index contributed by atoms with van der Waals surface area (Å²) in [5, 5.41) is 85.0. The van der Waals surface area contributed by atoms with Crippen LogP contribution in [0.1, 0.15) is 5.69 Å². The second kappa shape index (κ2) is 26.2. The number of aliphatic hydroxyl groups is 4. The SMILES string of the molecule is COc1ccc(N=Nc2cc(OCCO)c(N=Nc3c(S(=O)(=O)O)cc4cc(-n5[nH]c(C)c(N=Nc6cc(OCCO)c(N=Nc7ccc(OC)cc7S(=O)(=O)O)cc6OCCO)c5=O)ccc4c3O)cc2OCCO)c(S(=O)(=O)O)c1. The lowest BCUT2D eigenvalue weighted by Crippen LogP contribution is -2.14. The first-order valence-electron chi connectivity index (χ1n) is 23.4. The number of aromatic amines is 1. The van der Waals surface area contributed by atoms with E-state index in [0.29, 0.717) is 0 Å². The number of nitrogens with one attached hydrogen (secondary N) is 1. The smallest absolute Gasteiger partial charge is 0.299 e. The molecule has 6 aromatic carbocycles. The third-order valence-corrected chi connectivity index (χ3v) is 13.7. The van der Waals surface area contributed by atoms with Crippen LogP contribution >= 0.6 is 0 Å². The third-order valence-electron chi connectivity index (χ3n) is 11.0. The van der Waals surface area contributed by atoms with Gasteiger partial charge in [-0.05, 0) is 60.8 Å². The Morgan fingerprint density at radius 3 is 1.23 bits per heavy atom. The van der Waals surface area contributed by atoms with E-state index in [1.807, 2.05) is 0 Å². The fourth-order valence-electron chi connectivity index (χ4n) is 7.33. The van der Waals surface area contributed by atoms with Crippen molar-refractivity contribution in [2.24, 2.45) is 40.9 Å². The molecule has 0 radical (unpaired) electrons. The van der Waals surface area contributed by atoms with E-state index in [4.69, 9.17) is 28.4 Å². The van der Waals surface area contributed by atoms with E-state index in [2.05, 4.69) is 46.0 Å². The van der Waals surface area contributed by atoms with Crippen molar-refractivity contribution in [3.63, 3.8) is 0 Å². The first kappa shape index (κ1) is 60.8. The predicted molar refractivity (Wildman–Crippen MR) is 286 cm³/mol. The summed E-state index contributed by atoms with van der Waals surface area (Å²) in [6.45, 7) is -1.78. The van der Waals surface area contributed by atoms with Crippen LogP contribution in [0.25, 0.3) is 16.5 Å². The van der Waals surface area contributed by atoms with E-state index in [0.717, 1.165) is 35.0 Å². The van der Waals surface area contributed by atoms with Crippen molar-refractivity contribution in [3.8, 4) is 45.9 Å². The molecule has 0 aliphatic heterocycles. The molecule has 9 N–H and O–H groups in total. The van der Waals surface area contributed by atoms with E-state index in [1.54, 1.807) is 0 Å². The molecule has 0 bridgehead atoms. The molecule has 82 heavy (non-hydrogen) atoms. The van der Waals surface area contributed by atoms with Gasteiger partial charge in [-0.1, -0.05) is 0 Å². The number of benzene rings is 6. The van der Waals surface area contributed by atoms with Gasteiger partial charge in [0.15, 0.2) is 11.4 Å². The zero-order valence-corrected chi connectivity index (χ0v) is 45.3. The van der Waals surface area contributed by atoms with Crippen LogP contribution in [0.5, 0.6) is 40.2 Å². The number of hydrogen-bond donors (Lipinski definition) is 9. The van der Waals surface area contributed by atoms with E-state index in [9.17, 15) is 69.2 Å². The van der Waals surface area contributed by atoms with Crippen LogP contribution in [0.3, 0.4) is 0 Å². The summed E-state index contributed by atoms with van der Waals surface area (Å²) < 4.78 is 138. The number of phenolic OH excluding ortho intramolecular Hbond substituents is 1. The molecule has 0 amide bonds. The molecule has 1 aromatic heterocycles. The Balaban J connectivity index is 1.25. The van der Waals surface area contributed by atoms with Crippen LogP contribution in [-0.4, -0.2) is 141 Å². The van der Waals surface area contributed by atoms with Gasteiger partial charge in [-0.25, -0.2) is 4.68 Å². The molecule has 0 unspecified atom stereocenters. The maximum absolute atomic E-state index is 14.0. The molecule has 31 nitrogen and oxygen atoms in total. The second-order valence-electron chi connectivity index (χ2n) is 16.5. The molecular formula is C48H48N10O21S3. The number of aryl methyl sites for hydroxylation is 1. The highest BCUT2D eigenvalue weighted by Crippen LogP contribution is 2.46. The van der Waals surface area contributed by atoms with Crippen LogP contribution in [-0.2, 0) is 30.4 Å². The van der Waals surface area contributed by atoms with Gasteiger partial charge in [0.1, 0.15) is 115 Å². The predicted octanol–water partition coefficient (Wildman–Crippen LogP) is 7.24. The highest BCUT2D eigenvalue weighted by Gasteiger charge is 2.25. The number of methoxy groups -OCH3 is 2. The highest BCUT2D eigenvalue weighted by atomic mass is 32.2. The molecule has 0 atom stereocenters. The average molecular weight is 1200 g/mol. The second-order valence-corrected chi connectivity index (χ2v) is 20.6. The van der Waals surface area contributed by atoms with Crippen molar-refractivity contribution in [2.75, 3.05) is 67.1 Å². The fraction of sp³-hybridized carbons (Fsp3) is 0.229. The normalized spacial score (nSPS) is 12.4. The molecule has 0 saturated heterocycles. The number of azo groups is 4. The number of rotatable bonds is 26. The first-order valence-corrected chi connectivity index (χ1v) is 27.7. The topological polar surface area (TPSA) is 456 Å². The van der Waals surface area contributed by atoms with Crippen LogP contribution in [0.2, 0.25) is 0 Å². The summed E-state index contributed by atoms with van der Waals surface area (Å²) in [4.78, 5) is 11.8. The Labute approximate surface area is 464 Å². The summed E-state index contributed by atoms with van der Waals surface area (Å²) in [5.74, 6) is -1.26. The minimum absolute atomic E-state index is 0.0482. The minimum Gasteiger partial charge on any atom is -0.505 e. The van der Waals surface area contributed by atoms with Gasteiger partial charge in [-0.3, -0.25) is 23.6 Å². The third kappa shape index (κ3) is 14.4. The Morgan fingerprint density at radius 2 is 0.854 bits per heavy atom. The zero-order chi connectivity index (χ0) is 59.5. The lowest BCUT2D eigenvalue weighted by Gasteiger charge is -2.13. The van der Waals surface area contributed by atoms with Gasteiger partial charge < -0.3 is 54.0 Å². The van der Waals surface area contributed by atoms with E-state index < -0.39 is 88.5 Å². The Bertz CT molecular complexity index is 4080. The molecule has 434 valence electrons.